The highest BCUT2D eigenvalue weighted by atomic mass is 16.4. The van der Waals surface area contributed by atoms with Crippen LogP contribution < -0.4 is 43.4 Å². The molecule has 0 spiro atoms. The fourth-order valence-electron chi connectivity index (χ4n) is 4.41. The highest BCUT2D eigenvalue weighted by Gasteiger charge is 2.29. The Bertz CT molecular complexity index is 1190. The van der Waals surface area contributed by atoms with E-state index in [0.717, 1.165) is 6.42 Å². The van der Waals surface area contributed by atoms with Crippen LogP contribution in [0.4, 0.5) is 0 Å². The van der Waals surface area contributed by atoms with Crippen LogP contribution in [0.2, 0.25) is 0 Å². The van der Waals surface area contributed by atoms with Crippen molar-refractivity contribution in [2.45, 2.75) is 69.1 Å². The normalized spacial score (nSPS) is 16.0. The van der Waals surface area contributed by atoms with Gasteiger partial charge in [-0.2, -0.15) is 0 Å². The first kappa shape index (κ1) is 35.3. The summed E-state index contributed by atoms with van der Waals surface area (Å²) in [5, 5.41) is 41.8. The lowest BCUT2D eigenvalue weighted by Crippen LogP contribution is -2.55. The molecule has 17 heteroatoms. The molecule has 1 aliphatic heterocycles. The molecule has 4 atom stereocenters. The fraction of sp³-hybridized carbons (Fsp3) is 0.519. The molecule has 242 valence electrons. The van der Waals surface area contributed by atoms with Gasteiger partial charge in [0.25, 0.3) is 0 Å². The van der Waals surface area contributed by atoms with Crippen molar-refractivity contribution in [1.82, 2.24) is 31.9 Å². The zero-order valence-corrected chi connectivity index (χ0v) is 24.2. The van der Waals surface area contributed by atoms with E-state index in [2.05, 4.69) is 31.9 Å². The molecule has 0 unspecified atom stereocenters. The van der Waals surface area contributed by atoms with Crippen LogP contribution in [0.25, 0.3) is 0 Å². The van der Waals surface area contributed by atoms with Crippen molar-refractivity contribution in [3.05, 3.63) is 29.8 Å². The van der Waals surface area contributed by atoms with E-state index in [1.165, 1.54) is 24.3 Å². The SMILES string of the molecule is N=C(N)NCCC[C@H](NC(=O)CNC(=O)[C@H](CCC(N)=O)NC(=O)[C@@H]1CCCN1)C(=O)N[C@@H](Cc1ccc(O)cc1)C(=O)O. The van der Waals surface area contributed by atoms with Crippen molar-refractivity contribution in [3.63, 3.8) is 0 Å². The number of hydrogen-bond donors (Lipinski definition) is 11. The number of aliphatic carboxylic acids is 1. The van der Waals surface area contributed by atoms with E-state index in [0.29, 0.717) is 18.5 Å². The number of aromatic hydroxyl groups is 1. The fourth-order valence-corrected chi connectivity index (χ4v) is 4.41. The van der Waals surface area contributed by atoms with Crippen LogP contribution in [0.5, 0.6) is 5.75 Å². The molecule has 13 N–H and O–H groups in total. The number of carbonyl (C=O) groups excluding carboxylic acids is 5. The van der Waals surface area contributed by atoms with Crippen molar-refractivity contribution >= 4 is 41.5 Å². The van der Waals surface area contributed by atoms with E-state index in [4.69, 9.17) is 16.9 Å². The van der Waals surface area contributed by atoms with Gasteiger partial charge >= 0.3 is 5.97 Å². The number of nitrogens with two attached hydrogens (primary N) is 2. The predicted octanol–water partition coefficient (Wildman–Crippen LogP) is -3.13. The summed E-state index contributed by atoms with van der Waals surface area (Å²) in [6, 6.07) is 1.59. The van der Waals surface area contributed by atoms with Gasteiger partial charge in [0.05, 0.1) is 12.6 Å². The number of rotatable bonds is 18. The third kappa shape index (κ3) is 12.9. The number of carboxylic acids is 1. The van der Waals surface area contributed by atoms with Crippen LogP contribution in [-0.2, 0) is 35.2 Å². The molecule has 1 aliphatic rings. The van der Waals surface area contributed by atoms with Crippen molar-refractivity contribution < 1.29 is 39.0 Å². The number of amides is 5. The predicted molar refractivity (Wildman–Crippen MR) is 157 cm³/mol. The molecule has 5 amide bonds. The van der Waals surface area contributed by atoms with Gasteiger partial charge in [0, 0.05) is 19.4 Å². The minimum atomic E-state index is -1.36. The summed E-state index contributed by atoms with van der Waals surface area (Å²) in [6.07, 6.45) is 1.29. The van der Waals surface area contributed by atoms with Gasteiger partial charge in [0.15, 0.2) is 5.96 Å². The molecule has 1 aromatic carbocycles. The van der Waals surface area contributed by atoms with Crippen LogP contribution in [0.3, 0.4) is 0 Å². The van der Waals surface area contributed by atoms with Gasteiger partial charge < -0.3 is 53.6 Å². The maximum absolute atomic E-state index is 13.1. The van der Waals surface area contributed by atoms with Crippen molar-refractivity contribution in [1.29, 1.82) is 5.41 Å². The van der Waals surface area contributed by atoms with Gasteiger partial charge in [-0.25, -0.2) is 4.79 Å². The van der Waals surface area contributed by atoms with Crippen LogP contribution in [-0.4, -0.2) is 95.5 Å². The number of nitrogens with one attached hydrogen (secondary N) is 7. The standard InChI is InChI=1S/C27H41N9O8/c28-21(38)10-9-19(35-24(41)17-3-1-11-31-17)23(40)33-14-22(39)34-18(4-2-12-32-27(29)30)25(42)36-20(26(43)44)13-15-5-7-16(37)8-6-15/h5-8,17-20,31,37H,1-4,9-14H2,(H2,28,38)(H,33,40)(H,34,39)(H,35,41)(H,36,42)(H,43,44)(H4,29,30,32)/t17-,18-,19-,20-/m0/s1. The third-order valence-corrected chi connectivity index (χ3v) is 6.74. The second kappa shape index (κ2) is 17.9. The Morgan fingerprint density at radius 3 is 2.20 bits per heavy atom. The van der Waals surface area contributed by atoms with Gasteiger partial charge in [-0.05, 0) is 56.3 Å². The molecule has 44 heavy (non-hydrogen) atoms. The van der Waals surface area contributed by atoms with Crippen molar-refractivity contribution in [2.75, 3.05) is 19.6 Å². The van der Waals surface area contributed by atoms with Crippen LogP contribution in [0.1, 0.15) is 44.1 Å². The van der Waals surface area contributed by atoms with Crippen molar-refractivity contribution in [2.24, 2.45) is 11.5 Å². The van der Waals surface area contributed by atoms with Gasteiger partial charge in [-0.1, -0.05) is 12.1 Å². The van der Waals surface area contributed by atoms with Crippen LogP contribution >= 0.6 is 0 Å². The lowest BCUT2D eigenvalue weighted by molar-refractivity contribution is -0.142. The number of carboxylic acid groups (broad SMARTS) is 1. The largest absolute Gasteiger partial charge is 0.508 e. The molecule has 1 aromatic rings. The van der Waals surface area contributed by atoms with Gasteiger partial charge in [0.2, 0.25) is 29.5 Å². The Morgan fingerprint density at radius 1 is 0.932 bits per heavy atom. The number of phenolic OH excluding ortho intramolecular Hbond substituents is 1. The minimum absolute atomic E-state index is 0.00825. The van der Waals surface area contributed by atoms with E-state index < -0.39 is 66.2 Å². The summed E-state index contributed by atoms with van der Waals surface area (Å²) >= 11 is 0. The van der Waals surface area contributed by atoms with E-state index in [-0.39, 0.29) is 50.4 Å². The zero-order chi connectivity index (χ0) is 32.6. The van der Waals surface area contributed by atoms with E-state index in [1.807, 2.05) is 0 Å². The summed E-state index contributed by atoms with van der Waals surface area (Å²) in [5.41, 5.74) is 11.0. The molecule has 0 radical (unpaired) electrons. The number of phenols is 1. The first-order chi connectivity index (χ1) is 20.8. The van der Waals surface area contributed by atoms with E-state index in [1.54, 1.807) is 0 Å². The summed E-state index contributed by atoms with van der Waals surface area (Å²) in [4.78, 5) is 74.4. The quantitative estimate of drug-likeness (QED) is 0.0443. The van der Waals surface area contributed by atoms with Gasteiger partial charge in [0.1, 0.15) is 23.9 Å². The van der Waals surface area contributed by atoms with E-state index >= 15 is 0 Å². The first-order valence-corrected chi connectivity index (χ1v) is 14.1. The highest BCUT2D eigenvalue weighted by molar-refractivity contribution is 5.94. The summed E-state index contributed by atoms with van der Waals surface area (Å²) in [7, 11) is 0. The second-order valence-corrected chi connectivity index (χ2v) is 10.3. The molecule has 0 saturated carbocycles. The molecule has 1 heterocycles. The highest BCUT2D eigenvalue weighted by Crippen LogP contribution is 2.12. The second-order valence-electron chi connectivity index (χ2n) is 10.3. The average Bonchev–Trinajstić information content (AvgIpc) is 3.51. The molecule has 1 fully saturated rings. The maximum Gasteiger partial charge on any atom is 0.326 e. The van der Waals surface area contributed by atoms with Gasteiger partial charge in [-0.3, -0.25) is 29.4 Å². The minimum Gasteiger partial charge on any atom is -0.508 e. The molecular weight excluding hydrogens is 578 g/mol. The molecule has 0 aliphatic carbocycles. The molecule has 2 rings (SSSR count). The Kier molecular flexibility index (Phi) is 14.3. The molecule has 0 bridgehead atoms. The number of carbonyl (C=O) groups is 6. The third-order valence-electron chi connectivity index (χ3n) is 6.74. The maximum atomic E-state index is 13.1. The number of benzene rings is 1. The topological polar surface area (TPSA) is 291 Å². The summed E-state index contributed by atoms with van der Waals surface area (Å²) in [5.74, 6) is -5.03. The first-order valence-electron chi connectivity index (χ1n) is 14.1. The Labute approximate surface area is 253 Å². The average molecular weight is 620 g/mol. The van der Waals surface area contributed by atoms with Crippen LogP contribution in [0, 0.1) is 5.41 Å². The summed E-state index contributed by atoms with van der Waals surface area (Å²) < 4.78 is 0. The van der Waals surface area contributed by atoms with Crippen molar-refractivity contribution in [3.8, 4) is 5.75 Å². The number of primary amides is 1. The summed E-state index contributed by atoms with van der Waals surface area (Å²) in [6.45, 7) is 0.257. The number of guanidine groups is 1. The Hall–Kier alpha value is -4.93. The Morgan fingerprint density at radius 2 is 1.61 bits per heavy atom. The van der Waals surface area contributed by atoms with Gasteiger partial charge in [-0.15, -0.1) is 0 Å². The molecule has 0 aromatic heterocycles. The molecule has 1 saturated heterocycles. The lowest BCUT2D eigenvalue weighted by Gasteiger charge is -2.23. The number of hydrogen-bond acceptors (Lipinski definition) is 9. The molecule has 17 nitrogen and oxygen atoms in total. The van der Waals surface area contributed by atoms with E-state index in [9.17, 15) is 39.0 Å². The van der Waals surface area contributed by atoms with Crippen LogP contribution in [0.15, 0.2) is 24.3 Å². The molecular formula is C27H41N9O8. The lowest BCUT2D eigenvalue weighted by atomic mass is 10.0. The Balaban J connectivity index is 2.03. The monoisotopic (exact) mass is 619 g/mol. The smallest absolute Gasteiger partial charge is 0.326 e. The zero-order valence-electron chi connectivity index (χ0n) is 24.2.